The SMILES string of the molecule is CCC(=CC(=O)c1cnccc1C(F)(F)F)CC. The topological polar surface area (TPSA) is 30.0 Å². The summed E-state index contributed by atoms with van der Waals surface area (Å²) in [5, 5.41) is 0. The van der Waals surface area contributed by atoms with Gasteiger partial charge in [-0.15, -0.1) is 0 Å². The van der Waals surface area contributed by atoms with E-state index in [1.54, 1.807) is 0 Å². The van der Waals surface area contributed by atoms with Crippen LogP contribution in [0.15, 0.2) is 30.1 Å². The zero-order valence-corrected chi connectivity index (χ0v) is 10.2. The first-order chi connectivity index (χ1) is 8.40. The van der Waals surface area contributed by atoms with Crippen molar-refractivity contribution in [3.8, 4) is 0 Å². The van der Waals surface area contributed by atoms with Gasteiger partial charge in [0.05, 0.1) is 11.1 Å². The van der Waals surface area contributed by atoms with Gasteiger partial charge in [0, 0.05) is 12.4 Å². The molecule has 98 valence electrons. The molecule has 0 N–H and O–H groups in total. The molecule has 0 saturated carbocycles. The summed E-state index contributed by atoms with van der Waals surface area (Å²) in [4.78, 5) is 15.4. The number of hydrogen-bond acceptors (Lipinski definition) is 2. The molecule has 0 atom stereocenters. The Bertz CT molecular complexity index is 458. The average Bonchev–Trinajstić information content (AvgIpc) is 2.34. The van der Waals surface area contributed by atoms with Crippen molar-refractivity contribution < 1.29 is 18.0 Å². The number of rotatable bonds is 4. The Balaban J connectivity index is 3.18. The molecule has 1 heterocycles. The summed E-state index contributed by atoms with van der Waals surface area (Å²) in [7, 11) is 0. The fraction of sp³-hybridized carbons (Fsp3) is 0.385. The molecule has 0 aliphatic heterocycles. The maximum Gasteiger partial charge on any atom is 0.417 e. The van der Waals surface area contributed by atoms with Crippen LogP contribution < -0.4 is 0 Å². The number of carbonyl (C=O) groups excluding carboxylic acids is 1. The Morgan fingerprint density at radius 1 is 1.33 bits per heavy atom. The number of ketones is 1. The van der Waals surface area contributed by atoms with Crippen LogP contribution in [0.25, 0.3) is 0 Å². The standard InChI is InChI=1S/C13H14F3NO/c1-3-9(4-2)7-12(18)10-8-17-6-5-11(10)13(14,15)16/h5-8H,3-4H2,1-2H3. The average molecular weight is 257 g/mol. The van der Waals surface area contributed by atoms with E-state index in [1.807, 2.05) is 13.8 Å². The second kappa shape index (κ2) is 5.80. The maximum atomic E-state index is 12.7. The van der Waals surface area contributed by atoms with Crippen molar-refractivity contribution in [1.29, 1.82) is 0 Å². The van der Waals surface area contributed by atoms with E-state index in [-0.39, 0.29) is 0 Å². The molecule has 0 aliphatic carbocycles. The third kappa shape index (κ3) is 3.42. The van der Waals surface area contributed by atoms with Crippen molar-refractivity contribution in [2.45, 2.75) is 32.9 Å². The smallest absolute Gasteiger partial charge is 0.289 e. The van der Waals surface area contributed by atoms with E-state index in [1.165, 1.54) is 6.08 Å². The number of carbonyl (C=O) groups is 1. The fourth-order valence-corrected chi connectivity index (χ4v) is 1.56. The molecule has 0 saturated heterocycles. The highest BCUT2D eigenvalue weighted by Gasteiger charge is 2.34. The minimum Gasteiger partial charge on any atom is -0.289 e. The van der Waals surface area contributed by atoms with E-state index in [2.05, 4.69) is 4.98 Å². The van der Waals surface area contributed by atoms with Crippen LogP contribution >= 0.6 is 0 Å². The lowest BCUT2D eigenvalue weighted by Crippen LogP contribution is -2.12. The molecule has 0 unspecified atom stereocenters. The minimum atomic E-state index is -4.54. The molecular weight excluding hydrogens is 243 g/mol. The third-order valence-corrected chi connectivity index (χ3v) is 2.64. The summed E-state index contributed by atoms with van der Waals surface area (Å²) in [5.41, 5.74) is -0.522. The predicted octanol–water partition coefficient (Wildman–Crippen LogP) is 4.03. The van der Waals surface area contributed by atoms with Crippen LogP contribution in [0.3, 0.4) is 0 Å². The van der Waals surface area contributed by atoms with Gasteiger partial charge < -0.3 is 0 Å². The lowest BCUT2D eigenvalue weighted by molar-refractivity contribution is -0.137. The number of alkyl halides is 3. The summed E-state index contributed by atoms with van der Waals surface area (Å²) in [5.74, 6) is -0.644. The Morgan fingerprint density at radius 2 is 1.94 bits per heavy atom. The summed E-state index contributed by atoms with van der Waals surface area (Å²) in [6.45, 7) is 3.72. The molecule has 0 fully saturated rings. The zero-order valence-electron chi connectivity index (χ0n) is 10.2. The van der Waals surface area contributed by atoms with E-state index < -0.39 is 23.1 Å². The van der Waals surface area contributed by atoms with E-state index in [9.17, 15) is 18.0 Å². The predicted molar refractivity (Wildman–Crippen MR) is 62.2 cm³/mol. The fourth-order valence-electron chi connectivity index (χ4n) is 1.56. The molecular formula is C13H14F3NO. The van der Waals surface area contributed by atoms with Crippen molar-refractivity contribution in [2.75, 3.05) is 0 Å². The normalized spacial score (nSPS) is 11.2. The molecule has 5 heteroatoms. The quantitative estimate of drug-likeness (QED) is 0.602. The van der Waals surface area contributed by atoms with Crippen LogP contribution in [0.4, 0.5) is 13.2 Å². The summed E-state index contributed by atoms with van der Waals surface area (Å²) in [6, 6.07) is 0.818. The first kappa shape index (κ1) is 14.4. The molecule has 0 aromatic carbocycles. The number of nitrogens with zero attached hydrogens (tertiary/aromatic N) is 1. The highest BCUT2D eigenvalue weighted by atomic mass is 19.4. The van der Waals surface area contributed by atoms with Crippen molar-refractivity contribution in [2.24, 2.45) is 0 Å². The highest BCUT2D eigenvalue weighted by molar-refractivity contribution is 6.05. The number of aromatic nitrogens is 1. The van der Waals surface area contributed by atoms with Crippen LogP contribution in [0.5, 0.6) is 0 Å². The van der Waals surface area contributed by atoms with Gasteiger partial charge in [-0.3, -0.25) is 9.78 Å². The third-order valence-electron chi connectivity index (χ3n) is 2.64. The first-order valence-electron chi connectivity index (χ1n) is 5.65. The zero-order chi connectivity index (χ0) is 13.8. The Labute approximate surface area is 104 Å². The van der Waals surface area contributed by atoms with Gasteiger partial charge >= 0.3 is 6.18 Å². The Morgan fingerprint density at radius 3 is 2.44 bits per heavy atom. The lowest BCUT2D eigenvalue weighted by Gasteiger charge is -2.10. The molecule has 1 aromatic heterocycles. The highest BCUT2D eigenvalue weighted by Crippen LogP contribution is 2.31. The second-order valence-electron chi connectivity index (χ2n) is 3.79. The molecule has 0 bridgehead atoms. The minimum absolute atomic E-state index is 0.399. The van der Waals surface area contributed by atoms with Crippen molar-refractivity contribution >= 4 is 5.78 Å². The van der Waals surface area contributed by atoms with Gasteiger partial charge in [-0.2, -0.15) is 13.2 Å². The Hall–Kier alpha value is -1.65. The monoisotopic (exact) mass is 257 g/mol. The molecule has 2 nitrogen and oxygen atoms in total. The van der Waals surface area contributed by atoms with Gasteiger partial charge in [0.15, 0.2) is 5.78 Å². The van der Waals surface area contributed by atoms with Gasteiger partial charge in [-0.1, -0.05) is 19.4 Å². The molecule has 18 heavy (non-hydrogen) atoms. The number of allylic oxidation sites excluding steroid dienone is 2. The van der Waals surface area contributed by atoms with E-state index in [0.717, 1.165) is 24.0 Å². The van der Waals surface area contributed by atoms with Gasteiger partial charge in [0.2, 0.25) is 0 Å². The number of pyridine rings is 1. The molecule has 0 spiro atoms. The van der Waals surface area contributed by atoms with Crippen LogP contribution in [-0.2, 0) is 6.18 Å². The molecule has 0 amide bonds. The molecule has 1 rings (SSSR count). The lowest BCUT2D eigenvalue weighted by atomic mass is 10.0. The van der Waals surface area contributed by atoms with Gasteiger partial charge in [-0.25, -0.2) is 0 Å². The molecule has 0 aliphatic rings. The summed E-state index contributed by atoms with van der Waals surface area (Å²) >= 11 is 0. The summed E-state index contributed by atoms with van der Waals surface area (Å²) in [6.07, 6.45) is 0.00872. The van der Waals surface area contributed by atoms with Gasteiger partial charge in [-0.05, 0) is 25.0 Å². The largest absolute Gasteiger partial charge is 0.417 e. The van der Waals surface area contributed by atoms with E-state index >= 15 is 0 Å². The Kier molecular flexibility index (Phi) is 4.64. The second-order valence-corrected chi connectivity index (χ2v) is 3.79. The van der Waals surface area contributed by atoms with Crippen LogP contribution in [0.2, 0.25) is 0 Å². The van der Waals surface area contributed by atoms with Gasteiger partial charge in [0.1, 0.15) is 0 Å². The number of halogens is 3. The van der Waals surface area contributed by atoms with Crippen molar-refractivity contribution in [1.82, 2.24) is 4.98 Å². The van der Waals surface area contributed by atoms with Crippen molar-refractivity contribution in [3.05, 3.63) is 41.2 Å². The summed E-state index contributed by atoms with van der Waals surface area (Å²) < 4.78 is 38.1. The molecule has 1 aromatic rings. The number of hydrogen-bond donors (Lipinski definition) is 0. The molecule has 0 radical (unpaired) electrons. The maximum absolute atomic E-state index is 12.7. The van der Waals surface area contributed by atoms with Gasteiger partial charge in [0.25, 0.3) is 0 Å². The van der Waals surface area contributed by atoms with Crippen LogP contribution in [-0.4, -0.2) is 10.8 Å². The van der Waals surface area contributed by atoms with E-state index in [4.69, 9.17) is 0 Å². The van der Waals surface area contributed by atoms with Crippen molar-refractivity contribution in [3.63, 3.8) is 0 Å². The van der Waals surface area contributed by atoms with Crippen LogP contribution in [0, 0.1) is 0 Å². The van der Waals surface area contributed by atoms with E-state index in [0.29, 0.717) is 12.8 Å². The van der Waals surface area contributed by atoms with Crippen LogP contribution in [0.1, 0.15) is 42.6 Å². The first-order valence-corrected chi connectivity index (χ1v) is 5.65.